The van der Waals surface area contributed by atoms with Crippen molar-refractivity contribution in [3.63, 3.8) is 0 Å². The van der Waals surface area contributed by atoms with Crippen LogP contribution in [0.4, 0.5) is 0 Å². The number of hydrogen-bond donors (Lipinski definition) is 0. The number of ether oxygens (including phenoxy) is 2. The van der Waals surface area contributed by atoms with Crippen molar-refractivity contribution >= 4 is 10.0 Å². The highest BCUT2D eigenvalue weighted by Crippen LogP contribution is 2.38. The van der Waals surface area contributed by atoms with Gasteiger partial charge in [-0.15, -0.1) is 0 Å². The van der Waals surface area contributed by atoms with Crippen LogP contribution >= 0.6 is 0 Å². The number of rotatable bonds is 3. The van der Waals surface area contributed by atoms with Gasteiger partial charge >= 0.3 is 0 Å². The minimum Gasteiger partial charge on any atom is -0.381 e. The lowest BCUT2D eigenvalue weighted by Gasteiger charge is -2.52. The first-order chi connectivity index (χ1) is 9.97. The summed E-state index contributed by atoms with van der Waals surface area (Å²) in [5, 5.41) is 0. The van der Waals surface area contributed by atoms with E-state index in [4.69, 9.17) is 9.47 Å². The van der Waals surface area contributed by atoms with Crippen LogP contribution in [0.2, 0.25) is 0 Å². The summed E-state index contributed by atoms with van der Waals surface area (Å²) in [7, 11) is -1.72. The monoisotopic (exact) mass is 311 g/mol. The summed E-state index contributed by atoms with van der Waals surface area (Å²) in [6.07, 6.45) is 1.81. The molecule has 2 aliphatic rings. The molecule has 6 heteroatoms. The predicted octanol–water partition coefficient (Wildman–Crippen LogP) is 1.56. The average molecular weight is 311 g/mol. The second-order valence-electron chi connectivity index (χ2n) is 5.92. The van der Waals surface area contributed by atoms with E-state index >= 15 is 0 Å². The first-order valence-corrected chi connectivity index (χ1v) is 8.63. The molecule has 2 fully saturated rings. The van der Waals surface area contributed by atoms with E-state index in [1.807, 2.05) is 19.1 Å². The van der Waals surface area contributed by atoms with Gasteiger partial charge in [-0.3, -0.25) is 0 Å². The van der Waals surface area contributed by atoms with Crippen molar-refractivity contribution in [2.75, 3.05) is 26.8 Å². The Morgan fingerprint density at radius 1 is 1.33 bits per heavy atom. The molecule has 0 aliphatic carbocycles. The Balaban J connectivity index is 1.75. The highest BCUT2D eigenvalue weighted by atomic mass is 32.2. The van der Waals surface area contributed by atoms with Crippen molar-refractivity contribution in [3.8, 4) is 0 Å². The minimum atomic E-state index is -3.42. The van der Waals surface area contributed by atoms with Crippen LogP contribution in [0, 0.1) is 6.92 Å². The normalized spacial score (nSPS) is 25.7. The molecule has 0 bridgehead atoms. The molecule has 5 nitrogen and oxygen atoms in total. The van der Waals surface area contributed by atoms with E-state index in [0.29, 0.717) is 24.6 Å². The molecule has 1 spiro atoms. The van der Waals surface area contributed by atoms with Crippen molar-refractivity contribution in [2.45, 2.75) is 36.4 Å². The van der Waals surface area contributed by atoms with Gasteiger partial charge in [0, 0.05) is 33.2 Å². The van der Waals surface area contributed by atoms with E-state index in [1.165, 1.54) is 4.31 Å². The van der Waals surface area contributed by atoms with Crippen LogP contribution in [0.1, 0.15) is 18.4 Å². The van der Waals surface area contributed by atoms with Crippen LogP contribution in [-0.4, -0.2) is 51.2 Å². The van der Waals surface area contributed by atoms with Gasteiger partial charge in [-0.25, -0.2) is 8.42 Å². The molecule has 0 saturated carbocycles. The maximum Gasteiger partial charge on any atom is 0.243 e. The molecular weight excluding hydrogens is 290 g/mol. The Morgan fingerprint density at radius 3 is 2.71 bits per heavy atom. The van der Waals surface area contributed by atoms with Crippen LogP contribution in [0.3, 0.4) is 0 Å². The standard InChI is InChI=1S/C15H21NO4S/c1-12-5-3-4-6-14(12)21(17,18)16-10-15(11-16)9-13(19-2)7-8-20-15/h3-6,13H,7-11H2,1-2H3/t13-/m0/s1. The minimum absolute atomic E-state index is 0.169. The lowest BCUT2D eigenvalue weighted by atomic mass is 9.86. The molecule has 1 aromatic rings. The zero-order valence-electron chi connectivity index (χ0n) is 12.4. The average Bonchev–Trinajstić information content (AvgIpc) is 2.45. The van der Waals surface area contributed by atoms with E-state index in [9.17, 15) is 8.42 Å². The van der Waals surface area contributed by atoms with Gasteiger partial charge in [0.25, 0.3) is 0 Å². The molecule has 1 aromatic carbocycles. The molecule has 0 unspecified atom stereocenters. The van der Waals surface area contributed by atoms with E-state index in [0.717, 1.165) is 18.4 Å². The zero-order chi connectivity index (χ0) is 15.1. The van der Waals surface area contributed by atoms with Gasteiger partial charge < -0.3 is 9.47 Å². The molecule has 2 saturated heterocycles. The Morgan fingerprint density at radius 2 is 2.05 bits per heavy atom. The van der Waals surface area contributed by atoms with Crippen LogP contribution in [0.25, 0.3) is 0 Å². The first kappa shape index (κ1) is 15.0. The molecule has 1 atom stereocenters. The quantitative estimate of drug-likeness (QED) is 0.850. The Labute approximate surface area is 125 Å². The Hall–Kier alpha value is -0.950. The summed E-state index contributed by atoms with van der Waals surface area (Å²) >= 11 is 0. The van der Waals surface area contributed by atoms with E-state index in [2.05, 4.69) is 0 Å². The number of nitrogens with zero attached hydrogens (tertiary/aromatic N) is 1. The van der Waals surface area contributed by atoms with Gasteiger partial charge in [0.05, 0.1) is 16.6 Å². The van der Waals surface area contributed by atoms with Gasteiger partial charge in [0.1, 0.15) is 0 Å². The van der Waals surface area contributed by atoms with E-state index in [1.54, 1.807) is 19.2 Å². The smallest absolute Gasteiger partial charge is 0.243 e. The maximum absolute atomic E-state index is 12.7. The third-order valence-electron chi connectivity index (χ3n) is 4.42. The highest BCUT2D eigenvalue weighted by molar-refractivity contribution is 7.89. The van der Waals surface area contributed by atoms with Crippen LogP contribution in [-0.2, 0) is 19.5 Å². The summed E-state index contributed by atoms with van der Waals surface area (Å²) in [6.45, 7) is 3.30. The van der Waals surface area contributed by atoms with Crippen molar-refractivity contribution in [3.05, 3.63) is 29.8 Å². The van der Waals surface area contributed by atoms with Crippen LogP contribution in [0.5, 0.6) is 0 Å². The van der Waals surface area contributed by atoms with Crippen LogP contribution < -0.4 is 0 Å². The number of benzene rings is 1. The van der Waals surface area contributed by atoms with Gasteiger partial charge in [0.2, 0.25) is 10.0 Å². The van der Waals surface area contributed by atoms with Crippen molar-refractivity contribution in [2.24, 2.45) is 0 Å². The third kappa shape index (κ3) is 2.61. The molecule has 3 rings (SSSR count). The number of aryl methyl sites for hydroxylation is 1. The molecule has 0 amide bonds. The lowest BCUT2D eigenvalue weighted by molar-refractivity contribution is -0.173. The van der Waals surface area contributed by atoms with Crippen molar-refractivity contribution in [1.29, 1.82) is 0 Å². The van der Waals surface area contributed by atoms with Gasteiger partial charge in [-0.2, -0.15) is 4.31 Å². The van der Waals surface area contributed by atoms with E-state index < -0.39 is 10.0 Å². The highest BCUT2D eigenvalue weighted by Gasteiger charge is 2.52. The molecule has 0 aromatic heterocycles. The topological polar surface area (TPSA) is 55.8 Å². The Kier molecular flexibility index (Phi) is 3.81. The first-order valence-electron chi connectivity index (χ1n) is 7.19. The SMILES string of the molecule is CO[C@H]1CCOC2(C1)CN(S(=O)(=O)c1ccccc1C)C2. The summed E-state index contributed by atoms with van der Waals surface area (Å²) in [5.41, 5.74) is 0.423. The zero-order valence-corrected chi connectivity index (χ0v) is 13.2. The largest absolute Gasteiger partial charge is 0.381 e. The fourth-order valence-corrected chi connectivity index (χ4v) is 4.97. The third-order valence-corrected chi connectivity index (χ3v) is 6.37. The second-order valence-corrected chi connectivity index (χ2v) is 7.83. The molecule has 0 N–H and O–H groups in total. The molecule has 0 radical (unpaired) electrons. The number of hydrogen-bond acceptors (Lipinski definition) is 4. The van der Waals surface area contributed by atoms with Gasteiger partial charge in [-0.05, 0) is 25.0 Å². The molecule has 2 heterocycles. The molecular formula is C15H21NO4S. The van der Waals surface area contributed by atoms with Crippen molar-refractivity contribution in [1.82, 2.24) is 4.31 Å². The van der Waals surface area contributed by atoms with Gasteiger partial charge in [-0.1, -0.05) is 18.2 Å². The molecule has 2 aliphatic heterocycles. The van der Waals surface area contributed by atoms with Gasteiger partial charge in [0.15, 0.2) is 0 Å². The van der Waals surface area contributed by atoms with Crippen LogP contribution in [0.15, 0.2) is 29.2 Å². The summed E-state index contributed by atoms with van der Waals surface area (Å²) < 4.78 is 38.0. The molecule has 21 heavy (non-hydrogen) atoms. The lowest BCUT2D eigenvalue weighted by Crippen LogP contribution is -2.67. The van der Waals surface area contributed by atoms with E-state index in [-0.39, 0.29) is 11.7 Å². The predicted molar refractivity (Wildman–Crippen MR) is 78.7 cm³/mol. The second kappa shape index (κ2) is 5.35. The summed E-state index contributed by atoms with van der Waals surface area (Å²) in [4.78, 5) is 0.388. The number of methoxy groups -OCH3 is 1. The fourth-order valence-electron chi connectivity index (χ4n) is 3.16. The molecule has 116 valence electrons. The Bertz CT molecular complexity index is 622. The summed E-state index contributed by atoms with van der Waals surface area (Å²) in [5.74, 6) is 0. The maximum atomic E-state index is 12.7. The number of sulfonamides is 1. The fraction of sp³-hybridized carbons (Fsp3) is 0.600. The summed E-state index contributed by atoms with van der Waals surface area (Å²) in [6, 6.07) is 7.09. The van der Waals surface area contributed by atoms with Crippen molar-refractivity contribution < 1.29 is 17.9 Å².